The smallest absolute Gasteiger partial charge is 0.126 e. The maximum absolute atomic E-state index is 5.64. The van der Waals surface area contributed by atoms with E-state index in [1.807, 2.05) is 52.8 Å². The third-order valence-electron chi connectivity index (χ3n) is 5.29. The van der Waals surface area contributed by atoms with Crippen molar-refractivity contribution in [2.24, 2.45) is 15.7 Å². The molecular formula is C23H30N4O2. The molecule has 2 aromatic rings. The van der Waals surface area contributed by atoms with Gasteiger partial charge in [0.2, 0.25) is 0 Å². The highest BCUT2D eigenvalue weighted by molar-refractivity contribution is 5.97. The van der Waals surface area contributed by atoms with Crippen LogP contribution in [0.3, 0.4) is 0 Å². The van der Waals surface area contributed by atoms with Gasteiger partial charge in [-0.3, -0.25) is 9.97 Å². The minimum atomic E-state index is 0.000130. The standard InChI is InChI=1S/C23H30N4O2/c1-15-11-17(3)24-22(12-15)20(6)27-29-14-23(9-10-23)13-28-26-19(5)21-8-7-16(2)18(4)25-21/h7-8,11-12H,9-10,13-14H2,1-6H3. The van der Waals surface area contributed by atoms with Crippen LogP contribution in [0.15, 0.2) is 34.6 Å². The van der Waals surface area contributed by atoms with Gasteiger partial charge < -0.3 is 9.68 Å². The van der Waals surface area contributed by atoms with Crippen LogP contribution in [0.4, 0.5) is 0 Å². The Balaban J connectivity index is 1.52. The zero-order chi connectivity index (χ0) is 21.0. The predicted octanol–water partition coefficient (Wildman–Crippen LogP) is 4.67. The summed E-state index contributed by atoms with van der Waals surface area (Å²) in [5.74, 6) is 0. The SMILES string of the molecule is CC(=NOCC1(CON=C(C)c2ccc(C)c(C)n2)CC1)c1cc(C)cc(C)n1. The monoisotopic (exact) mass is 394 g/mol. The van der Waals surface area contributed by atoms with Crippen LogP contribution in [0.5, 0.6) is 0 Å². The van der Waals surface area contributed by atoms with Crippen molar-refractivity contribution in [3.8, 4) is 0 Å². The first-order valence-electron chi connectivity index (χ1n) is 10.0. The average molecular weight is 395 g/mol. The Kier molecular flexibility index (Phi) is 6.30. The molecule has 0 aromatic carbocycles. The first-order valence-corrected chi connectivity index (χ1v) is 10.0. The number of nitrogens with zero attached hydrogens (tertiary/aromatic N) is 4. The Hall–Kier alpha value is -2.76. The second-order valence-corrected chi connectivity index (χ2v) is 8.17. The number of pyridine rings is 2. The molecule has 0 saturated heterocycles. The van der Waals surface area contributed by atoms with E-state index < -0.39 is 0 Å². The van der Waals surface area contributed by atoms with E-state index in [0.29, 0.717) is 13.2 Å². The highest BCUT2D eigenvalue weighted by Crippen LogP contribution is 2.46. The van der Waals surface area contributed by atoms with Crippen LogP contribution in [-0.2, 0) is 9.68 Å². The molecule has 154 valence electrons. The highest BCUT2D eigenvalue weighted by Gasteiger charge is 2.45. The molecule has 0 bridgehead atoms. The van der Waals surface area contributed by atoms with Crippen LogP contribution in [0, 0.1) is 33.1 Å². The molecule has 29 heavy (non-hydrogen) atoms. The van der Waals surface area contributed by atoms with Gasteiger partial charge in [0.1, 0.15) is 24.6 Å². The van der Waals surface area contributed by atoms with Gasteiger partial charge in [0.15, 0.2) is 0 Å². The average Bonchev–Trinajstić information content (AvgIpc) is 3.42. The Bertz CT molecular complexity index is 926. The Morgan fingerprint density at radius 3 is 2.07 bits per heavy atom. The summed E-state index contributed by atoms with van der Waals surface area (Å²) in [6.45, 7) is 13.0. The molecule has 0 spiro atoms. The molecule has 1 aliphatic rings. The van der Waals surface area contributed by atoms with Gasteiger partial charge in [-0.1, -0.05) is 16.4 Å². The summed E-state index contributed by atoms with van der Waals surface area (Å²) in [7, 11) is 0. The van der Waals surface area contributed by atoms with E-state index in [9.17, 15) is 0 Å². The molecule has 0 atom stereocenters. The van der Waals surface area contributed by atoms with E-state index in [4.69, 9.17) is 9.68 Å². The van der Waals surface area contributed by atoms with Crippen molar-refractivity contribution in [2.75, 3.05) is 13.2 Å². The van der Waals surface area contributed by atoms with Crippen molar-refractivity contribution in [3.63, 3.8) is 0 Å². The van der Waals surface area contributed by atoms with Gasteiger partial charge in [-0.2, -0.15) is 0 Å². The van der Waals surface area contributed by atoms with Crippen LogP contribution < -0.4 is 0 Å². The second kappa shape index (κ2) is 8.72. The molecule has 0 N–H and O–H groups in total. The molecule has 1 fully saturated rings. The minimum Gasteiger partial charge on any atom is -0.395 e. The molecule has 0 aliphatic heterocycles. The van der Waals surface area contributed by atoms with Gasteiger partial charge in [-0.05, 0) is 83.7 Å². The van der Waals surface area contributed by atoms with Gasteiger partial charge in [0.25, 0.3) is 0 Å². The lowest BCUT2D eigenvalue weighted by atomic mass is 10.1. The largest absolute Gasteiger partial charge is 0.395 e. The number of hydrogen-bond acceptors (Lipinski definition) is 6. The van der Waals surface area contributed by atoms with E-state index in [-0.39, 0.29) is 5.41 Å². The van der Waals surface area contributed by atoms with Gasteiger partial charge in [-0.15, -0.1) is 0 Å². The molecule has 6 nitrogen and oxygen atoms in total. The van der Waals surface area contributed by atoms with Crippen LogP contribution in [0.1, 0.15) is 60.6 Å². The molecule has 1 aliphatic carbocycles. The van der Waals surface area contributed by atoms with E-state index >= 15 is 0 Å². The zero-order valence-corrected chi connectivity index (χ0v) is 18.2. The summed E-state index contributed by atoms with van der Waals surface area (Å²) >= 11 is 0. The van der Waals surface area contributed by atoms with Gasteiger partial charge in [-0.25, -0.2) is 0 Å². The quantitative estimate of drug-likeness (QED) is 0.482. The summed E-state index contributed by atoms with van der Waals surface area (Å²) in [6, 6.07) is 8.09. The Morgan fingerprint density at radius 2 is 1.52 bits per heavy atom. The third-order valence-corrected chi connectivity index (χ3v) is 5.29. The fraction of sp³-hybridized carbons (Fsp3) is 0.478. The zero-order valence-electron chi connectivity index (χ0n) is 18.2. The maximum Gasteiger partial charge on any atom is 0.126 e. The fourth-order valence-electron chi connectivity index (χ4n) is 2.99. The van der Waals surface area contributed by atoms with E-state index in [0.717, 1.165) is 47.0 Å². The van der Waals surface area contributed by atoms with Crippen molar-refractivity contribution in [1.82, 2.24) is 9.97 Å². The fourth-order valence-corrected chi connectivity index (χ4v) is 2.99. The molecule has 2 aromatic heterocycles. The van der Waals surface area contributed by atoms with Crippen LogP contribution in [0.25, 0.3) is 0 Å². The second-order valence-electron chi connectivity index (χ2n) is 8.17. The number of rotatable bonds is 8. The van der Waals surface area contributed by atoms with E-state index in [1.165, 1.54) is 11.1 Å². The Labute approximate surface area is 173 Å². The molecule has 6 heteroatoms. The summed E-state index contributed by atoms with van der Waals surface area (Å²) in [5, 5.41) is 8.52. The number of aryl methyl sites for hydroxylation is 4. The van der Waals surface area contributed by atoms with E-state index in [1.54, 1.807) is 0 Å². The number of aromatic nitrogens is 2. The van der Waals surface area contributed by atoms with Crippen LogP contribution in [0.2, 0.25) is 0 Å². The number of oxime groups is 2. The van der Waals surface area contributed by atoms with Crippen molar-refractivity contribution in [2.45, 2.75) is 54.4 Å². The lowest BCUT2D eigenvalue weighted by Gasteiger charge is -2.13. The molecule has 0 unspecified atom stereocenters. The summed E-state index contributed by atoms with van der Waals surface area (Å²) < 4.78 is 0. The molecule has 0 radical (unpaired) electrons. The molecule has 0 amide bonds. The summed E-state index contributed by atoms with van der Waals surface area (Å²) in [6.07, 6.45) is 2.11. The normalized spacial score (nSPS) is 15.9. The van der Waals surface area contributed by atoms with Crippen molar-refractivity contribution in [1.29, 1.82) is 0 Å². The van der Waals surface area contributed by atoms with Gasteiger partial charge in [0, 0.05) is 16.8 Å². The minimum absolute atomic E-state index is 0.000130. The maximum atomic E-state index is 5.64. The molecule has 2 heterocycles. The molecule has 3 rings (SSSR count). The molecule has 1 saturated carbocycles. The van der Waals surface area contributed by atoms with Crippen molar-refractivity contribution in [3.05, 3.63) is 58.2 Å². The van der Waals surface area contributed by atoms with Gasteiger partial charge >= 0.3 is 0 Å². The van der Waals surface area contributed by atoms with E-state index in [2.05, 4.69) is 33.3 Å². The summed E-state index contributed by atoms with van der Waals surface area (Å²) in [4.78, 5) is 20.3. The first-order chi connectivity index (χ1) is 13.8. The predicted molar refractivity (Wildman–Crippen MR) is 115 cm³/mol. The highest BCUT2D eigenvalue weighted by atomic mass is 16.6. The Morgan fingerprint density at radius 1 is 0.897 bits per heavy atom. The topological polar surface area (TPSA) is 69.0 Å². The van der Waals surface area contributed by atoms with Crippen molar-refractivity contribution >= 4 is 11.4 Å². The number of hydrogen-bond donors (Lipinski definition) is 0. The van der Waals surface area contributed by atoms with Gasteiger partial charge in [0.05, 0.1) is 11.4 Å². The lowest BCUT2D eigenvalue weighted by molar-refractivity contribution is 0.0320. The third kappa shape index (κ3) is 5.62. The first kappa shape index (κ1) is 21.0. The van der Waals surface area contributed by atoms with Crippen molar-refractivity contribution < 1.29 is 9.68 Å². The molecular weight excluding hydrogens is 364 g/mol. The summed E-state index contributed by atoms with van der Waals surface area (Å²) in [5.41, 5.74) is 7.58. The van der Waals surface area contributed by atoms with Crippen LogP contribution in [-0.4, -0.2) is 34.6 Å². The van der Waals surface area contributed by atoms with Crippen LogP contribution >= 0.6 is 0 Å². The lowest BCUT2D eigenvalue weighted by Crippen LogP contribution is -2.16.